The number of nitro groups is 1. The van der Waals surface area contributed by atoms with Gasteiger partial charge in [-0.2, -0.15) is 0 Å². The highest BCUT2D eigenvalue weighted by Crippen LogP contribution is 2.33. The van der Waals surface area contributed by atoms with Crippen molar-refractivity contribution in [2.45, 2.75) is 6.42 Å². The van der Waals surface area contributed by atoms with Gasteiger partial charge < -0.3 is 5.32 Å². The van der Waals surface area contributed by atoms with E-state index >= 15 is 0 Å². The van der Waals surface area contributed by atoms with Gasteiger partial charge in [-0.25, -0.2) is 4.39 Å². The van der Waals surface area contributed by atoms with Crippen molar-refractivity contribution >= 4 is 11.4 Å². The summed E-state index contributed by atoms with van der Waals surface area (Å²) in [6, 6.07) is 2.33. The van der Waals surface area contributed by atoms with Crippen LogP contribution in [0.3, 0.4) is 0 Å². The number of hydrogen-bond donors (Lipinski definition) is 1. The lowest BCUT2D eigenvalue weighted by Crippen LogP contribution is -1.96. The van der Waals surface area contributed by atoms with E-state index in [1.165, 1.54) is 6.07 Å². The Morgan fingerprint density at radius 3 is 3.00 bits per heavy atom. The molecule has 1 aromatic carbocycles. The third-order valence-corrected chi connectivity index (χ3v) is 2.11. The summed E-state index contributed by atoms with van der Waals surface area (Å²) in [5.41, 5.74) is 0.716. The number of anilines is 1. The fourth-order valence-electron chi connectivity index (χ4n) is 1.52. The first kappa shape index (κ1) is 7.97. The van der Waals surface area contributed by atoms with Crippen LogP contribution in [0, 0.1) is 15.9 Å². The van der Waals surface area contributed by atoms with Crippen LogP contribution >= 0.6 is 0 Å². The summed E-state index contributed by atoms with van der Waals surface area (Å²) in [7, 11) is 0. The van der Waals surface area contributed by atoms with Crippen LogP contribution in [0.2, 0.25) is 0 Å². The normalized spacial score (nSPS) is 13.6. The van der Waals surface area contributed by atoms with E-state index in [1.54, 1.807) is 0 Å². The molecule has 0 amide bonds. The molecule has 0 radical (unpaired) electrons. The summed E-state index contributed by atoms with van der Waals surface area (Å²) in [6.07, 6.45) is 0.517. The van der Waals surface area contributed by atoms with Gasteiger partial charge in [-0.1, -0.05) is 0 Å². The zero-order chi connectivity index (χ0) is 9.42. The molecule has 1 N–H and O–H groups in total. The Labute approximate surface area is 73.5 Å². The third kappa shape index (κ3) is 1.12. The summed E-state index contributed by atoms with van der Waals surface area (Å²) in [5, 5.41) is 13.3. The molecule has 13 heavy (non-hydrogen) atoms. The quantitative estimate of drug-likeness (QED) is 0.531. The van der Waals surface area contributed by atoms with E-state index in [-0.39, 0.29) is 11.5 Å². The first-order chi connectivity index (χ1) is 6.20. The molecule has 1 aliphatic heterocycles. The molecule has 0 aromatic heterocycles. The van der Waals surface area contributed by atoms with E-state index in [0.717, 1.165) is 6.07 Å². The van der Waals surface area contributed by atoms with Gasteiger partial charge in [-0.3, -0.25) is 10.1 Å². The molecular formula is C8H7FN2O2. The molecule has 4 nitrogen and oxygen atoms in total. The summed E-state index contributed by atoms with van der Waals surface area (Å²) >= 11 is 0. The van der Waals surface area contributed by atoms with Gasteiger partial charge in [-0.15, -0.1) is 0 Å². The molecule has 68 valence electrons. The zero-order valence-electron chi connectivity index (χ0n) is 6.71. The van der Waals surface area contributed by atoms with Crippen molar-refractivity contribution in [1.82, 2.24) is 0 Å². The van der Waals surface area contributed by atoms with E-state index in [4.69, 9.17) is 0 Å². The van der Waals surface area contributed by atoms with Crippen LogP contribution in [0.4, 0.5) is 15.8 Å². The monoisotopic (exact) mass is 182 g/mol. The van der Waals surface area contributed by atoms with Crippen molar-refractivity contribution in [2.24, 2.45) is 0 Å². The fourth-order valence-corrected chi connectivity index (χ4v) is 1.52. The molecule has 0 spiro atoms. The summed E-state index contributed by atoms with van der Waals surface area (Å²) in [5.74, 6) is -0.370. The SMILES string of the molecule is O=[N+]([O-])c1ccc(F)c2c1NCC2. The lowest BCUT2D eigenvalue weighted by Gasteiger charge is -2.01. The topological polar surface area (TPSA) is 55.2 Å². The molecule has 2 rings (SSSR count). The second-order valence-corrected chi connectivity index (χ2v) is 2.85. The minimum atomic E-state index is -0.503. The molecule has 1 aliphatic rings. The Morgan fingerprint density at radius 1 is 1.54 bits per heavy atom. The van der Waals surface area contributed by atoms with E-state index in [2.05, 4.69) is 5.32 Å². The van der Waals surface area contributed by atoms with Crippen LogP contribution in [0.1, 0.15) is 5.56 Å². The molecular weight excluding hydrogens is 175 g/mol. The van der Waals surface area contributed by atoms with Crippen LogP contribution < -0.4 is 5.32 Å². The lowest BCUT2D eigenvalue weighted by molar-refractivity contribution is -0.384. The lowest BCUT2D eigenvalue weighted by atomic mass is 10.1. The van der Waals surface area contributed by atoms with Crippen LogP contribution in [0.5, 0.6) is 0 Å². The number of nitrogens with one attached hydrogen (secondary N) is 1. The van der Waals surface area contributed by atoms with Gasteiger partial charge in [0.2, 0.25) is 0 Å². The molecule has 0 bridgehead atoms. The maximum absolute atomic E-state index is 13.1. The molecule has 0 atom stereocenters. The first-order valence-electron chi connectivity index (χ1n) is 3.90. The van der Waals surface area contributed by atoms with Crippen molar-refractivity contribution in [2.75, 3.05) is 11.9 Å². The number of nitro benzene ring substituents is 1. The molecule has 1 aromatic rings. The minimum Gasteiger partial charge on any atom is -0.379 e. The van der Waals surface area contributed by atoms with Gasteiger partial charge in [0.1, 0.15) is 11.5 Å². The van der Waals surface area contributed by atoms with E-state index in [0.29, 0.717) is 24.2 Å². The van der Waals surface area contributed by atoms with Gasteiger partial charge in [0.25, 0.3) is 5.69 Å². The second kappa shape index (κ2) is 2.69. The van der Waals surface area contributed by atoms with E-state index in [9.17, 15) is 14.5 Å². The zero-order valence-corrected chi connectivity index (χ0v) is 6.71. The third-order valence-electron chi connectivity index (χ3n) is 2.11. The van der Waals surface area contributed by atoms with Crippen LogP contribution in [-0.2, 0) is 6.42 Å². The molecule has 0 aliphatic carbocycles. The summed E-state index contributed by atoms with van der Waals surface area (Å²) in [4.78, 5) is 10.0. The fraction of sp³-hybridized carbons (Fsp3) is 0.250. The van der Waals surface area contributed by atoms with Gasteiger partial charge in [0.15, 0.2) is 0 Å². The Balaban J connectivity index is 2.62. The highest BCUT2D eigenvalue weighted by atomic mass is 19.1. The van der Waals surface area contributed by atoms with Gasteiger partial charge in [-0.05, 0) is 12.5 Å². The number of rotatable bonds is 1. The molecule has 0 saturated heterocycles. The van der Waals surface area contributed by atoms with Crippen molar-refractivity contribution in [3.8, 4) is 0 Å². The number of fused-ring (bicyclic) bond motifs is 1. The molecule has 0 saturated carbocycles. The molecule has 0 unspecified atom stereocenters. The highest BCUT2D eigenvalue weighted by Gasteiger charge is 2.24. The van der Waals surface area contributed by atoms with Gasteiger partial charge in [0.05, 0.1) is 4.92 Å². The second-order valence-electron chi connectivity index (χ2n) is 2.85. The Hall–Kier alpha value is -1.65. The standard InChI is InChI=1S/C8H7FN2O2/c9-6-1-2-7(11(12)13)8-5(6)3-4-10-8/h1-2,10H,3-4H2. The number of benzene rings is 1. The smallest absolute Gasteiger partial charge is 0.292 e. The number of nitrogens with zero attached hydrogens (tertiary/aromatic N) is 1. The summed E-state index contributed by atoms with van der Waals surface area (Å²) in [6.45, 7) is 0.567. The van der Waals surface area contributed by atoms with E-state index < -0.39 is 4.92 Å². The first-order valence-corrected chi connectivity index (χ1v) is 3.90. The predicted octanol–water partition coefficient (Wildman–Crippen LogP) is 1.70. The van der Waals surface area contributed by atoms with Crippen molar-refractivity contribution in [3.63, 3.8) is 0 Å². The minimum absolute atomic E-state index is 0.0473. The maximum atomic E-state index is 13.1. The Bertz CT molecular complexity index is 379. The maximum Gasteiger partial charge on any atom is 0.292 e. The average molecular weight is 182 g/mol. The van der Waals surface area contributed by atoms with Gasteiger partial charge in [0, 0.05) is 18.2 Å². The van der Waals surface area contributed by atoms with Crippen molar-refractivity contribution in [3.05, 3.63) is 33.6 Å². The largest absolute Gasteiger partial charge is 0.379 e. The van der Waals surface area contributed by atoms with Crippen molar-refractivity contribution in [1.29, 1.82) is 0 Å². The van der Waals surface area contributed by atoms with Gasteiger partial charge >= 0.3 is 0 Å². The van der Waals surface area contributed by atoms with Crippen molar-refractivity contribution < 1.29 is 9.31 Å². The predicted molar refractivity (Wildman–Crippen MR) is 45.2 cm³/mol. The Morgan fingerprint density at radius 2 is 2.31 bits per heavy atom. The Kier molecular flexibility index (Phi) is 1.65. The molecule has 0 fully saturated rings. The highest BCUT2D eigenvalue weighted by molar-refractivity contribution is 5.69. The van der Waals surface area contributed by atoms with Crippen LogP contribution in [0.15, 0.2) is 12.1 Å². The van der Waals surface area contributed by atoms with Crippen LogP contribution in [0.25, 0.3) is 0 Å². The molecule has 5 heteroatoms. The number of halogens is 1. The van der Waals surface area contributed by atoms with E-state index in [1.807, 2.05) is 0 Å². The average Bonchev–Trinajstić information content (AvgIpc) is 2.53. The number of hydrogen-bond acceptors (Lipinski definition) is 3. The molecule has 1 heterocycles. The van der Waals surface area contributed by atoms with Crippen LogP contribution in [-0.4, -0.2) is 11.5 Å². The summed E-state index contributed by atoms with van der Waals surface area (Å²) < 4.78 is 13.1.